The normalized spacial score (nSPS) is 14.9. The van der Waals surface area contributed by atoms with E-state index in [0.29, 0.717) is 24.0 Å². The Bertz CT molecular complexity index is 1610. The first-order valence-electron chi connectivity index (χ1n) is 16.7. The Morgan fingerprint density at radius 3 is 1.94 bits per heavy atom. The number of alkyl carbamates (subject to hydrolysis) is 1. The molecule has 10 heteroatoms. The van der Waals surface area contributed by atoms with Crippen LogP contribution in [0.15, 0.2) is 78.9 Å². The number of rotatable bonds is 12. The highest BCUT2D eigenvalue weighted by Crippen LogP contribution is 2.36. The summed E-state index contributed by atoms with van der Waals surface area (Å²) in [4.78, 5) is 57.5. The van der Waals surface area contributed by atoms with Crippen LogP contribution in [0.4, 0.5) is 4.79 Å². The third-order valence-electron chi connectivity index (χ3n) is 7.73. The summed E-state index contributed by atoms with van der Waals surface area (Å²) < 4.78 is 11.3. The summed E-state index contributed by atoms with van der Waals surface area (Å²) in [5, 5.41) is 15.5. The van der Waals surface area contributed by atoms with Crippen LogP contribution in [0.3, 0.4) is 0 Å². The van der Waals surface area contributed by atoms with Crippen LogP contribution in [0.2, 0.25) is 0 Å². The van der Waals surface area contributed by atoms with Crippen molar-refractivity contribution in [2.24, 2.45) is 0 Å². The van der Waals surface area contributed by atoms with Crippen LogP contribution in [-0.2, 0) is 36.7 Å². The van der Waals surface area contributed by atoms with Crippen LogP contribution in [0.5, 0.6) is 5.75 Å². The maximum Gasteiger partial charge on any atom is 0.408 e. The van der Waals surface area contributed by atoms with Crippen molar-refractivity contribution in [1.82, 2.24) is 15.5 Å². The highest BCUT2D eigenvalue weighted by Gasteiger charge is 2.45. The lowest BCUT2D eigenvalue weighted by Crippen LogP contribution is -2.56. The minimum Gasteiger partial charge on any atom is -0.508 e. The van der Waals surface area contributed by atoms with Gasteiger partial charge in [-0.1, -0.05) is 72.3 Å². The smallest absolute Gasteiger partial charge is 0.408 e. The Morgan fingerprint density at radius 2 is 1.37 bits per heavy atom. The summed E-state index contributed by atoms with van der Waals surface area (Å²) in [6.07, 6.45) is 0.824. The van der Waals surface area contributed by atoms with Gasteiger partial charge in [-0.25, -0.2) is 9.59 Å². The number of nitrogens with zero attached hydrogens (tertiary/aromatic N) is 1. The zero-order valence-corrected chi connectivity index (χ0v) is 29.5. The first-order chi connectivity index (χ1) is 23.0. The molecule has 0 saturated heterocycles. The molecule has 3 aromatic carbocycles. The lowest BCUT2D eigenvalue weighted by atomic mass is 9.98. The van der Waals surface area contributed by atoms with E-state index in [1.54, 1.807) is 64.6 Å². The van der Waals surface area contributed by atoms with E-state index in [2.05, 4.69) is 10.6 Å². The van der Waals surface area contributed by atoms with Gasteiger partial charge in [-0.2, -0.15) is 0 Å². The second-order valence-corrected chi connectivity index (χ2v) is 14.6. The van der Waals surface area contributed by atoms with E-state index in [9.17, 15) is 24.3 Å². The molecule has 3 unspecified atom stereocenters. The largest absolute Gasteiger partial charge is 0.508 e. The molecule has 1 fully saturated rings. The SMILES string of the molecule is Cc1cccc(C(C(=O)NC(Cc2ccccc2)C(=O)OC(C)(C)C)N(C(=O)C(Cc2ccc(O)cc2)NC(=O)OC(C)(C)C)C2CC2)c1. The Hall–Kier alpha value is -4.86. The molecule has 262 valence electrons. The molecule has 49 heavy (non-hydrogen) atoms. The third kappa shape index (κ3) is 11.4. The van der Waals surface area contributed by atoms with E-state index >= 15 is 0 Å². The number of benzene rings is 3. The molecule has 3 amide bonds. The number of hydrogen-bond acceptors (Lipinski definition) is 7. The number of phenols is 1. The molecule has 0 heterocycles. The van der Waals surface area contributed by atoms with Crippen molar-refractivity contribution in [2.75, 3.05) is 0 Å². The van der Waals surface area contributed by atoms with E-state index < -0.39 is 53.2 Å². The number of esters is 1. The quantitative estimate of drug-likeness (QED) is 0.203. The van der Waals surface area contributed by atoms with E-state index in [4.69, 9.17) is 9.47 Å². The van der Waals surface area contributed by atoms with Gasteiger partial charge in [0.05, 0.1) is 0 Å². The molecule has 0 aliphatic heterocycles. The highest BCUT2D eigenvalue weighted by molar-refractivity contribution is 5.94. The number of amides is 3. The van der Waals surface area contributed by atoms with Gasteiger partial charge in [0.25, 0.3) is 0 Å². The van der Waals surface area contributed by atoms with E-state index in [1.807, 2.05) is 55.5 Å². The number of phenolic OH excluding ortho intramolecular Hbond substituents is 1. The number of ether oxygens (including phenoxy) is 2. The Kier molecular flexibility index (Phi) is 11.7. The first-order valence-corrected chi connectivity index (χ1v) is 16.7. The average molecular weight is 672 g/mol. The molecule has 4 rings (SSSR count). The maximum absolute atomic E-state index is 14.7. The molecule has 1 aliphatic rings. The third-order valence-corrected chi connectivity index (χ3v) is 7.73. The zero-order valence-electron chi connectivity index (χ0n) is 29.5. The molecule has 3 N–H and O–H groups in total. The molecule has 0 aromatic heterocycles. The summed E-state index contributed by atoms with van der Waals surface area (Å²) in [5.41, 5.74) is 1.37. The van der Waals surface area contributed by atoms with Gasteiger partial charge < -0.3 is 30.1 Å². The van der Waals surface area contributed by atoms with E-state index in [1.165, 1.54) is 12.1 Å². The monoisotopic (exact) mass is 671 g/mol. The Morgan fingerprint density at radius 1 is 0.776 bits per heavy atom. The highest BCUT2D eigenvalue weighted by atomic mass is 16.6. The van der Waals surface area contributed by atoms with Crippen LogP contribution < -0.4 is 10.6 Å². The van der Waals surface area contributed by atoms with Crippen LogP contribution in [-0.4, -0.2) is 63.2 Å². The average Bonchev–Trinajstić information content (AvgIpc) is 3.84. The minimum atomic E-state index is -1.12. The summed E-state index contributed by atoms with van der Waals surface area (Å²) in [7, 11) is 0. The Balaban J connectivity index is 1.74. The molecule has 1 saturated carbocycles. The number of hydrogen-bond donors (Lipinski definition) is 3. The zero-order chi connectivity index (χ0) is 35.9. The predicted octanol–water partition coefficient (Wildman–Crippen LogP) is 5.94. The van der Waals surface area contributed by atoms with Gasteiger partial charge in [-0.05, 0) is 90.1 Å². The van der Waals surface area contributed by atoms with E-state index in [0.717, 1.165) is 11.1 Å². The van der Waals surface area contributed by atoms with Crippen molar-refractivity contribution in [3.8, 4) is 5.75 Å². The summed E-state index contributed by atoms with van der Waals surface area (Å²) in [5.74, 6) is -1.54. The van der Waals surface area contributed by atoms with Crippen LogP contribution in [0.1, 0.15) is 82.7 Å². The molecule has 1 aliphatic carbocycles. The molecule has 10 nitrogen and oxygen atoms in total. The van der Waals surface area contributed by atoms with Gasteiger partial charge >= 0.3 is 12.1 Å². The molecule has 3 aromatic rings. The second-order valence-electron chi connectivity index (χ2n) is 14.6. The Labute approximate surface area is 289 Å². The van der Waals surface area contributed by atoms with Crippen molar-refractivity contribution in [3.63, 3.8) is 0 Å². The van der Waals surface area contributed by atoms with Gasteiger partial charge in [-0.3, -0.25) is 9.59 Å². The topological polar surface area (TPSA) is 134 Å². The van der Waals surface area contributed by atoms with Crippen molar-refractivity contribution in [1.29, 1.82) is 0 Å². The number of carbonyl (C=O) groups is 4. The van der Waals surface area contributed by atoms with Gasteiger partial charge in [0, 0.05) is 18.9 Å². The van der Waals surface area contributed by atoms with Crippen LogP contribution >= 0.6 is 0 Å². The van der Waals surface area contributed by atoms with Gasteiger partial charge in [0.2, 0.25) is 11.8 Å². The van der Waals surface area contributed by atoms with Gasteiger partial charge in [-0.15, -0.1) is 0 Å². The maximum atomic E-state index is 14.7. The number of aromatic hydroxyl groups is 1. The molecule has 3 atom stereocenters. The summed E-state index contributed by atoms with van der Waals surface area (Å²) >= 11 is 0. The van der Waals surface area contributed by atoms with Crippen molar-refractivity contribution in [3.05, 3.63) is 101 Å². The van der Waals surface area contributed by atoms with E-state index in [-0.39, 0.29) is 24.6 Å². The first kappa shape index (κ1) is 37.0. The number of nitrogens with one attached hydrogen (secondary N) is 2. The summed E-state index contributed by atoms with van der Waals surface area (Å²) in [6.45, 7) is 12.4. The van der Waals surface area contributed by atoms with Gasteiger partial charge in [0.1, 0.15) is 35.1 Å². The molecule has 0 radical (unpaired) electrons. The van der Waals surface area contributed by atoms with Gasteiger partial charge in [0.15, 0.2) is 0 Å². The summed E-state index contributed by atoms with van der Waals surface area (Å²) in [6, 6.07) is 19.5. The molecule has 0 bridgehead atoms. The lowest BCUT2D eigenvalue weighted by molar-refractivity contribution is -0.159. The second kappa shape index (κ2) is 15.6. The van der Waals surface area contributed by atoms with Crippen LogP contribution in [0.25, 0.3) is 0 Å². The lowest BCUT2D eigenvalue weighted by Gasteiger charge is -2.35. The predicted molar refractivity (Wildman–Crippen MR) is 187 cm³/mol. The molecular weight excluding hydrogens is 622 g/mol. The number of carbonyl (C=O) groups excluding carboxylic acids is 4. The fraction of sp³-hybridized carbons (Fsp3) is 0.436. The van der Waals surface area contributed by atoms with Crippen molar-refractivity contribution >= 4 is 23.9 Å². The molecule has 0 spiro atoms. The standard InChI is InChI=1S/C39H49N3O7/c1-25-12-11-15-28(22-25)33(34(44)40-32(36(46)48-38(2,3)4)24-26-13-9-8-10-14-26)42(29-18-19-29)35(45)31(41-37(47)49-39(5,6)7)23-27-16-20-30(43)21-17-27/h8-17,20-22,29,31-33,43H,18-19,23-24H2,1-7H3,(H,40,44)(H,41,47). The van der Waals surface area contributed by atoms with Crippen molar-refractivity contribution < 1.29 is 33.8 Å². The fourth-order valence-corrected chi connectivity index (χ4v) is 5.51. The van der Waals surface area contributed by atoms with Crippen molar-refractivity contribution in [2.45, 2.75) is 110 Å². The minimum absolute atomic E-state index is 0.0672. The molecular formula is C39H49N3O7. The van der Waals surface area contributed by atoms with Crippen LogP contribution in [0, 0.1) is 6.92 Å². The fourth-order valence-electron chi connectivity index (χ4n) is 5.51. The number of aryl methyl sites for hydroxylation is 1.